The third-order valence-corrected chi connectivity index (χ3v) is 5.20. The molecule has 0 aliphatic carbocycles. The van der Waals surface area contributed by atoms with Crippen LogP contribution in [-0.4, -0.2) is 31.9 Å². The fourth-order valence-electron chi connectivity index (χ4n) is 2.01. The molecule has 1 aliphatic heterocycles. The van der Waals surface area contributed by atoms with Crippen LogP contribution in [0.5, 0.6) is 0 Å². The Morgan fingerprint density at radius 2 is 2.18 bits per heavy atom. The molecule has 1 fully saturated rings. The molecule has 0 unspecified atom stereocenters. The lowest BCUT2D eigenvalue weighted by molar-refractivity contribution is 0.472. The second-order valence-electron chi connectivity index (χ2n) is 4.32. The zero-order chi connectivity index (χ0) is 12.6. The lowest BCUT2D eigenvalue weighted by Crippen LogP contribution is -2.32. The van der Waals surface area contributed by atoms with Crippen molar-refractivity contribution >= 4 is 21.6 Å². The molecule has 4 nitrogen and oxygen atoms in total. The summed E-state index contributed by atoms with van der Waals surface area (Å²) in [5.74, 6) is 0. The van der Waals surface area contributed by atoms with Crippen LogP contribution in [0.25, 0.3) is 0 Å². The molecule has 0 spiro atoms. The Morgan fingerprint density at radius 1 is 1.47 bits per heavy atom. The van der Waals surface area contributed by atoms with E-state index in [9.17, 15) is 8.42 Å². The Hall–Kier alpha value is -0.620. The number of benzene rings is 1. The van der Waals surface area contributed by atoms with Crippen molar-refractivity contribution < 1.29 is 8.42 Å². The molecular formula is C11H15ClN2O2S. The molecule has 94 valence electrons. The third kappa shape index (κ3) is 2.47. The first-order valence-electron chi connectivity index (χ1n) is 5.43. The molecule has 2 rings (SSSR count). The quantitative estimate of drug-likeness (QED) is 0.886. The number of aryl methyl sites for hydroxylation is 1. The standard InChI is InChI=1S/C11H15ClN2O2S/c1-8-6-9(12)2-3-11(8)17(15,16)14-5-4-10(13)7-14/h2-3,6,10H,4-5,7,13H2,1H3/t10-/m0/s1. The van der Waals surface area contributed by atoms with Gasteiger partial charge in [0.1, 0.15) is 0 Å². The maximum absolute atomic E-state index is 12.3. The molecule has 0 saturated carbocycles. The van der Waals surface area contributed by atoms with Crippen molar-refractivity contribution in [2.75, 3.05) is 13.1 Å². The molecule has 1 saturated heterocycles. The van der Waals surface area contributed by atoms with Gasteiger partial charge in [0.05, 0.1) is 4.90 Å². The van der Waals surface area contributed by atoms with Gasteiger partial charge in [-0.05, 0) is 37.1 Å². The molecule has 1 aliphatic rings. The Kier molecular flexibility index (Phi) is 3.45. The Morgan fingerprint density at radius 3 is 2.71 bits per heavy atom. The summed E-state index contributed by atoms with van der Waals surface area (Å²) in [7, 11) is -3.42. The molecular weight excluding hydrogens is 260 g/mol. The van der Waals surface area contributed by atoms with E-state index >= 15 is 0 Å². The molecule has 6 heteroatoms. The van der Waals surface area contributed by atoms with Crippen LogP contribution in [0.4, 0.5) is 0 Å². The van der Waals surface area contributed by atoms with Gasteiger partial charge in [-0.3, -0.25) is 0 Å². The number of hydrogen-bond donors (Lipinski definition) is 1. The lowest BCUT2D eigenvalue weighted by atomic mass is 10.2. The maximum Gasteiger partial charge on any atom is 0.243 e. The highest BCUT2D eigenvalue weighted by atomic mass is 35.5. The van der Waals surface area contributed by atoms with Gasteiger partial charge in [-0.15, -0.1) is 0 Å². The molecule has 1 aromatic rings. The molecule has 1 atom stereocenters. The van der Waals surface area contributed by atoms with E-state index < -0.39 is 10.0 Å². The van der Waals surface area contributed by atoms with E-state index in [1.54, 1.807) is 25.1 Å². The third-order valence-electron chi connectivity index (χ3n) is 2.94. The predicted octanol–water partition coefficient (Wildman–Crippen LogP) is 1.37. The van der Waals surface area contributed by atoms with E-state index in [0.29, 0.717) is 35.0 Å². The molecule has 0 aromatic heterocycles. The first-order valence-corrected chi connectivity index (χ1v) is 7.25. The Bertz CT molecular complexity index is 530. The predicted molar refractivity (Wildman–Crippen MR) is 67.5 cm³/mol. The molecule has 0 amide bonds. The number of halogens is 1. The van der Waals surface area contributed by atoms with Gasteiger partial charge in [-0.25, -0.2) is 8.42 Å². The molecule has 2 N–H and O–H groups in total. The highest BCUT2D eigenvalue weighted by molar-refractivity contribution is 7.89. The van der Waals surface area contributed by atoms with Crippen LogP contribution in [0.15, 0.2) is 23.1 Å². The normalized spacial score (nSPS) is 21.9. The smallest absolute Gasteiger partial charge is 0.243 e. The summed E-state index contributed by atoms with van der Waals surface area (Å²) in [6, 6.07) is 4.75. The minimum absolute atomic E-state index is 0.0580. The van der Waals surface area contributed by atoms with E-state index in [1.165, 1.54) is 4.31 Å². The fourth-order valence-corrected chi connectivity index (χ4v) is 3.96. The number of nitrogens with zero attached hydrogens (tertiary/aromatic N) is 1. The van der Waals surface area contributed by atoms with Crippen LogP contribution >= 0.6 is 11.6 Å². The lowest BCUT2D eigenvalue weighted by Gasteiger charge is -2.17. The highest BCUT2D eigenvalue weighted by Crippen LogP contribution is 2.25. The van der Waals surface area contributed by atoms with E-state index in [-0.39, 0.29) is 6.04 Å². The first kappa shape index (κ1) is 12.8. The van der Waals surface area contributed by atoms with Crippen molar-refractivity contribution in [1.29, 1.82) is 0 Å². The first-order chi connectivity index (χ1) is 7.91. The van der Waals surface area contributed by atoms with Gasteiger partial charge in [-0.1, -0.05) is 11.6 Å². The number of sulfonamides is 1. The van der Waals surface area contributed by atoms with Gasteiger partial charge in [0.25, 0.3) is 0 Å². The second-order valence-corrected chi connectivity index (χ2v) is 6.66. The van der Waals surface area contributed by atoms with Gasteiger partial charge in [0, 0.05) is 24.2 Å². The van der Waals surface area contributed by atoms with Gasteiger partial charge in [0.2, 0.25) is 10.0 Å². The molecule has 0 radical (unpaired) electrons. The number of rotatable bonds is 2. The van der Waals surface area contributed by atoms with Crippen molar-refractivity contribution in [3.05, 3.63) is 28.8 Å². The highest BCUT2D eigenvalue weighted by Gasteiger charge is 2.31. The fraction of sp³-hybridized carbons (Fsp3) is 0.455. The second kappa shape index (κ2) is 4.57. The molecule has 1 heterocycles. The topological polar surface area (TPSA) is 63.4 Å². The average Bonchev–Trinajstić information content (AvgIpc) is 2.64. The van der Waals surface area contributed by atoms with Gasteiger partial charge in [0.15, 0.2) is 0 Å². The average molecular weight is 275 g/mol. The minimum atomic E-state index is -3.42. The summed E-state index contributed by atoms with van der Waals surface area (Å²) in [5.41, 5.74) is 6.40. The van der Waals surface area contributed by atoms with Crippen LogP contribution in [0.1, 0.15) is 12.0 Å². The summed E-state index contributed by atoms with van der Waals surface area (Å²) in [6.45, 7) is 2.63. The molecule has 1 aromatic carbocycles. The zero-order valence-corrected chi connectivity index (χ0v) is 11.1. The SMILES string of the molecule is Cc1cc(Cl)ccc1S(=O)(=O)N1CC[C@H](N)C1. The maximum atomic E-state index is 12.3. The van der Waals surface area contributed by atoms with Crippen LogP contribution in [0.2, 0.25) is 5.02 Å². The number of nitrogens with two attached hydrogens (primary N) is 1. The van der Waals surface area contributed by atoms with Crippen molar-refractivity contribution in [2.45, 2.75) is 24.3 Å². The van der Waals surface area contributed by atoms with Crippen LogP contribution in [0.3, 0.4) is 0 Å². The van der Waals surface area contributed by atoms with Gasteiger partial charge in [-0.2, -0.15) is 4.31 Å². The largest absolute Gasteiger partial charge is 0.326 e. The van der Waals surface area contributed by atoms with Gasteiger partial charge < -0.3 is 5.73 Å². The minimum Gasteiger partial charge on any atom is -0.326 e. The summed E-state index contributed by atoms with van der Waals surface area (Å²) < 4.78 is 26.1. The Balaban J connectivity index is 2.38. The summed E-state index contributed by atoms with van der Waals surface area (Å²) in [5, 5.41) is 0.541. The number of hydrogen-bond acceptors (Lipinski definition) is 3. The summed E-state index contributed by atoms with van der Waals surface area (Å²) >= 11 is 5.82. The van der Waals surface area contributed by atoms with Crippen LogP contribution in [0, 0.1) is 6.92 Å². The van der Waals surface area contributed by atoms with Crippen molar-refractivity contribution in [2.24, 2.45) is 5.73 Å². The van der Waals surface area contributed by atoms with E-state index in [1.807, 2.05) is 0 Å². The summed E-state index contributed by atoms with van der Waals surface area (Å²) in [6.07, 6.45) is 0.714. The van der Waals surface area contributed by atoms with E-state index in [4.69, 9.17) is 17.3 Å². The van der Waals surface area contributed by atoms with Crippen molar-refractivity contribution in [1.82, 2.24) is 4.31 Å². The Labute approximate surface area is 106 Å². The van der Waals surface area contributed by atoms with Crippen LogP contribution in [-0.2, 0) is 10.0 Å². The van der Waals surface area contributed by atoms with E-state index in [0.717, 1.165) is 0 Å². The van der Waals surface area contributed by atoms with Crippen molar-refractivity contribution in [3.8, 4) is 0 Å². The molecule has 0 bridgehead atoms. The van der Waals surface area contributed by atoms with Gasteiger partial charge >= 0.3 is 0 Å². The monoisotopic (exact) mass is 274 g/mol. The summed E-state index contributed by atoms with van der Waals surface area (Å²) in [4.78, 5) is 0.316. The van der Waals surface area contributed by atoms with E-state index in [2.05, 4.69) is 0 Å². The zero-order valence-electron chi connectivity index (χ0n) is 9.56. The molecule has 17 heavy (non-hydrogen) atoms. The van der Waals surface area contributed by atoms with Crippen molar-refractivity contribution in [3.63, 3.8) is 0 Å². The van der Waals surface area contributed by atoms with Crippen LogP contribution < -0.4 is 5.73 Å².